The average molecular weight is 318 g/mol. The third kappa shape index (κ3) is 5.67. The van der Waals surface area contributed by atoms with E-state index in [1.54, 1.807) is 4.90 Å². The zero-order valence-corrected chi connectivity index (χ0v) is 14.0. The Kier molecular flexibility index (Phi) is 6.16. The number of carboxylic acid groups (broad SMARTS) is 1. The van der Waals surface area contributed by atoms with Crippen LogP contribution in [0.15, 0.2) is 24.3 Å². The maximum atomic E-state index is 12.7. The number of benzene rings is 1. The molecule has 1 fully saturated rings. The predicted octanol–water partition coefficient (Wildman–Crippen LogP) is 2.28. The smallest absolute Gasteiger partial charge is 0.317 e. The van der Waals surface area contributed by atoms with E-state index in [9.17, 15) is 9.59 Å². The number of aryl methyl sites for hydroxylation is 1. The number of aliphatic carboxylic acids is 1. The molecule has 0 heterocycles. The fourth-order valence-corrected chi connectivity index (χ4v) is 2.70. The first-order valence-corrected chi connectivity index (χ1v) is 8.28. The van der Waals surface area contributed by atoms with Crippen molar-refractivity contribution in [3.63, 3.8) is 0 Å². The highest BCUT2D eigenvalue weighted by atomic mass is 16.4. The van der Waals surface area contributed by atoms with Crippen LogP contribution in [-0.2, 0) is 16.1 Å². The summed E-state index contributed by atoms with van der Waals surface area (Å²) in [5.74, 6) is -0.856. The van der Waals surface area contributed by atoms with Gasteiger partial charge in [0.05, 0.1) is 13.1 Å². The van der Waals surface area contributed by atoms with Crippen LogP contribution >= 0.6 is 0 Å². The van der Waals surface area contributed by atoms with Gasteiger partial charge in [0.15, 0.2) is 0 Å². The molecule has 1 aromatic rings. The Morgan fingerprint density at radius 2 is 1.83 bits per heavy atom. The Morgan fingerprint density at radius 1 is 1.17 bits per heavy atom. The van der Waals surface area contributed by atoms with E-state index in [0.717, 1.165) is 24.8 Å². The number of hydrogen-bond donors (Lipinski definition) is 1. The lowest BCUT2D eigenvalue weighted by Gasteiger charge is -2.26. The standard InChI is InChI=1S/C18H26N2O3/c1-3-10-19(13-18(22)23)12-17(21)20(16-8-9-16)11-15-6-4-14(2)5-7-15/h4-7,16H,3,8-13H2,1-2H3,(H,22,23). The summed E-state index contributed by atoms with van der Waals surface area (Å²) >= 11 is 0. The van der Waals surface area contributed by atoms with Crippen LogP contribution in [0, 0.1) is 6.92 Å². The molecular weight excluding hydrogens is 292 g/mol. The molecule has 0 atom stereocenters. The summed E-state index contributed by atoms with van der Waals surface area (Å²) in [6.07, 6.45) is 2.93. The van der Waals surface area contributed by atoms with Crippen LogP contribution in [0.4, 0.5) is 0 Å². The summed E-state index contributed by atoms with van der Waals surface area (Å²) in [5.41, 5.74) is 2.32. The van der Waals surface area contributed by atoms with Gasteiger partial charge in [0.1, 0.15) is 0 Å². The van der Waals surface area contributed by atoms with E-state index in [1.165, 1.54) is 5.56 Å². The second-order valence-corrected chi connectivity index (χ2v) is 6.34. The van der Waals surface area contributed by atoms with Crippen molar-refractivity contribution in [1.82, 2.24) is 9.80 Å². The van der Waals surface area contributed by atoms with Crippen LogP contribution in [0.3, 0.4) is 0 Å². The Hall–Kier alpha value is -1.88. The molecule has 2 rings (SSSR count). The van der Waals surface area contributed by atoms with Crippen molar-refractivity contribution in [2.75, 3.05) is 19.6 Å². The van der Waals surface area contributed by atoms with Crippen LogP contribution in [0.25, 0.3) is 0 Å². The van der Waals surface area contributed by atoms with Gasteiger partial charge in [-0.05, 0) is 38.3 Å². The van der Waals surface area contributed by atoms with E-state index in [-0.39, 0.29) is 19.0 Å². The van der Waals surface area contributed by atoms with E-state index in [2.05, 4.69) is 24.3 Å². The molecule has 5 nitrogen and oxygen atoms in total. The molecule has 1 N–H and O–H groups in total. The van der Waals surface area contributed by atoms with E-state index >= 15 is 0 Å². The van der Waals surface area contributed by atoms with Crippen LogP contribution in [0.2, 0.25) is 0 Å². The molecule has 1 aromatic carbocycles. The zero-order chi connectivity index (χ0) is 16.8. The summed E-state index contributed by atoms with van der Waals surface area (Å²) in [4.78, 5) is 27.2. The van der Waals surface area contributed by atoms with Gasteiger partial charge < -0.3 is 10.0 Å². The van der Waals surface area contributed by atoms with Crippen molar-refractivity contribution in [3.8, 4) is 0 Å². The summed E-state index contributed by atoms with van der Waals surface area (Å²) in [7, 11) is 0. The minimum atomic E-state index is -0.886. The number of carbonyl (C=O) groups excluding carboxylic acids is 1. The van der Waals surface area contributed by atoms with Crippen LogP contribution in [0.5, 0.6) is 0 Å². The molecule has 5 heteroatoms. The van der Waals surface area contributed by atoms with Crippen molar-refractivity contribution >= 4 is 11.9 Å². The highest BCUT2D eigenvalue weighted by Gasteiger charge is 2.33. The van der Waals surface area contributed by atoms with Gasteiger partial charge in [0.2, 0.25) is 5.91 Å². The van der Waals surface area contributed by atoms with E-state index in [0.29, 0.717) is 19.1 Å². The van der Waals surface area contributed by atoms with Gasteiger partial charge in [-0.25, -0.2) is 0 Å². The molecule has 1 amide bonds. The van der Waals surface area contributed by atoms with E-state index in [1.807, 2.05) is 18.7 Å². The molecule has 0 aliphatic heterocycles. The Bertz CT molecular complexity index is 538. The summed E-state index contributed by atoms with van der Waals surface area (Å²) in [6.45, 7) is 5.37. The fraction of sp³-hybridized carbons (Fsp3) is 0.556. The summed E-state index contributed by atoms with van der Waals surface area (Å²) in [6, 6.07) is 8.53. The molecule has 23 heavy (non-hydrogen) atoms. The minimum absolute atomic E-state index is 0.0303. The maximum absolute atomic E-state index is 12.7. The van der Waals surface area contributed by atoms with Crippen LogP contribution in [0.1, 0.15) is 37.3 Å². The highest BCUT2D eigenvalue weighted by Crippen LogP contribution is 2.28. The molecule has 0 spiro atoms. The Balaban J connectivity index is 2.00. The molecule has 1 aliphatic carbocycles. The highest BCUT2D eigenvalue weighted by molar-refractivity contribution is 5.79. The first-order valence-electron chi connectivity index (χ1n) is 8.28. The third-order valence-electron chi connectivity index (χ3n) is 4.04. The summed E-state index contributed by atoms with van der Waals surface area (Å²) in [5, 5.41) is 8.98. The van der Waals surface area contributed by atoms with Crippen LogP contribution < -0.4 is 0 Å². The first kappa shape index (κ1) is 17.5. The molecule has 0 unspecified atom stereocenters. The number of carbonyl (C=O) groups is 2. The molecule has 1 saturated carbocycles. The number of nitrogens with zero attached hydrogens (tertiary/aromatic N) is 2. The number of rotatable bonds is 9. The van der Waals surface area contributed by atoms with E-state index < -0.39 is 5.97 Å². The lowest BCUT2D eigenvalue weighted by Crippen LogP contribution is -2.43. The quantitative estimate of drug-likeness (QED) is 0.759. The second kappa shape index (κ2) is 8.11. The monoisotopic (exact) mass is 318 g/mol. The largest absolute Gasteiger partial charge is 0.480 e. The van der Waals surface area contributed by atoms with Gasteiger partial charge in [0.25, 0.3) is 0 Å². The molecule has 0 saturated heterocycles. The number of hydrogen-bond acceptors (Lipinski definition) is 3. The minimum Gasteiger partial charge on any atom is -0.480 e. The van der Waals surface area contributed by atoms with Crippen molar-refractivity contribution in [1.29, 1.82) is 0 Å². The van der Waals surface area contributed by atoms with Gasteiger partial charge >= 0.3 is 5.97 Å². The average Bonchev–Trinajstić information content (AvgIpc) is 3.30. The fourth-order valence-electron chi connectivity index (χ4n) is 2.70. The lowest BCUT2D eigenvalue weighted by molar-refractivity contribution is -0.140. The van der Waals surface area contributed by atoms with Gasteiger partial charge in [-0.1, -0.05) is 36.8 Å². The van der Waals surface area contributed by atoms with Crippen molar-refractivity contribution in [3.05, 3.63) is 35.4 Å². The van der Waals surface area contributed by atoms with E-state index in [4.69, 9.17) is 5.11 Å². The van der Waals surface area contributed by atoms with Crippen LogP contribution in [-0.4, -0.2) is 52.5 Å². The maximum Gasteiger partial charge on any atom is 0.317 e. The number of amides is 1. The van der Waals surface area contributed by atoms with Gasteiger partial charge in [-0.15, -0.1) is 0 Å². The second-order valence-electron chi connectivity index (χ2n) is 6.34. The van der Waals surface area contributed by atoms with Gasteiger partial charge in [0, 0.05) is 12.6 Å². The van der Waals surface area contributed by atoms with Crippen molar-refractivity contribution in [2.24, 2.45) is 0 Å². The lowest BCUT2D eigenvalue weighted by atomic mass is 10.1. The third-order valence-corrected chi connectivity index (χ3v) is 4.04. The predicted molar refractivity (Wildman–Crippen MR) is 89.1 cm³/mol. The zero-order valence-electron chi connectivity index (χ0n) is 14.0. The molecule has 0 radical (unpaired) electrons. The topological polar surface area (TPSA) is 60.9 Å². The molecule has 0 bridgehead atoms. The normalized spacial score (nSPS) is 14.0. The van der Waals surface area contributed by atoms with Gasteiger partial charge in [-0.3, -0.25) is 14.5 Å². The first-order chi connectivity index (χ1) is 11.0. The van der Waals surface area contributed by atoms with Crippen molar-refractivity contribution < 1.29 is 14.7 Å². The molecular formula is C18H26N2O3. The SMILES string of the molecule is CCCN(CC(=O)O)CC(=O)N(Cc1ccc(C)cc1)C1CC1. The Morgan fingerprint density at radius 3 is 2.35 bits per heavy atom. The number of carboxylic acids is 1. The Labute approximate surface area is 137 Å². The molecule has 0 aromatic heterocycles. The van der Waals surface area contributed by atoms with Crippen molar-refractivity contribution in [2.45, 2.75) is 45.7 Å². The molecule has 126 valence electrons. The summed E-state index contributed by atoms with van der Waals surface area (Å²) < 4.78 is 0. The van der Waals surface area contributed by atoms with Gasteiger partial charge in [-0.2, -0.15) is 0 Å². The molecule has 1 aliphatic rings.